The number of guanidine groups is 1. The van der Waals surface area contributed by atoms with E-state index in [-0.39, 0.29) is 0 Å². The second-order valence-electron chi connectivity index (χ2n) is 3.47. The van der Waals surface area contributed by atoms with Gasteiger partial charge >= 0.3 is 0 Å². The minimum absolute atomic E-state index is 0.409. The molecule has 0 fully saturated rings. The topological polar surface area (TPSA) is 68.9 Å². The Balaban J connectivity index is 2.41. The molecule has 0 amide bonds. The van der Waals surface area contributed by atoms with Gasteiger partial charge < -0.3 is 20.5 Å². The first-order valence-electron chi connectivity index (χ1n) is 5.46. The number of rotatable bonds is 6. The van der Waals surface area contributed by atoms with Gasteiger partial charge in [0.2, 0.25) is 0 Å². The fraction of sp³-hybridized carbons (Fsp3) is 0.417. The molecule has 1 aromatic carbocycles. The highest BCUT2D eigenvalue weighted by atomic mass is 16.5. The molecule has 0 unspecified atom stereocenters. The van der Waals surface area contributed by atoms with Crippen molar-refractivity contribution in [2.75, 3.05) is 32.7 Å². The maximum Gasteiger partial charge on any atom is 0.193 e. The zero-order chi connectivity index (χ0) is 12.5. The van der Waals surface area contributed by atoms with Gasteiger partial charge in [-0.3, -0.25) is 4.99 Å². The van der Waals surface area contributed by atoms with Crippen LogP contribution in [0.2, 0.25) is 0 Å². The van der Waals surface area contributed by atoms with E-state index in [1.807, 2.05) is 24.3 Å². The third kappa shape index (κ3) is 5.21. The summed E-state index contributed by atoms with van der Waals surface area (Å²) in [7, 11) is 3.30. The van der Waals surface area contributed by atoms with Crippen molar-refractivity contribution in [2.24, 2.45) is 10.7 Å². The van der Waals surface area contributed by atoms with Crippen LogP contribution in [0.4, 0.5) is 5.69 Å². The summed E-state index contributed by atoms with van der Waals surface area (Å²) < 4.78 is 9.99. The lowest BCUT2D eigenvalue weighted by atomic mass is 10.3. The minimum Gasteiger partial charge on any atom is -0.497 e. The monoisotopic (exact) mass is 237 g/mol. The van der Waals surface area contributed by atoms with Crippen LogP contribution in [0.3, 0.4) is 0 Å². The highest BCUT2D eigenvalue weighted by molar-refractivity contribution is 5.92. The molecule has 0 bridgehead atoms. The Morgan fingerprint density at radius 1 is 1.29 bits per heavy atom. The summed E-state index contributed by atoms with van der Waals surface area (Å²) >= 11 is 0. The Labute approximate surface area is 102 Å². The third-order valence-electron chi connectivity index (χ3n) is 2.15. The van der Waals surface area contributed by atoms with Gasteiger partial charge in [-0.15, -0.1) is 0 Å². The number of anilines is 1. The lowest BCUT2D eigenvalue weighted by Crippen LogP contribution is -2.22. The van der Waals surface area contributed by atoms with Gasteiger partial charge in [0, 0.05) is 25.9 Å². The maximum absolute atomic E-state index is 5.73. The largest absolute Gasteiger partial charge is 0.497 e. The minimum atomic E-state index is 0.409. The van der Waals surface area contributed by atoms with Gasteiger partial charge in [-0.2, -0.15) is 0 Å². The van der Waals surface area contributed by atoms with Crippen molar-refractivity contribution >= 4 is 11.6 Å². The Morgan fingerprint density at radius 2 is 2.00 bits per heavy atom. The summed E-state index contributed by atoms with van der Waals surface area (Å²) in [5.74, 6) is 1.22. The lowest BCUT2D eigenvalue weighted by molar-refractivity contribution is 0.197. The van der Waals surface area contributed by atoms with Crippen LogP contribution in [0.1, 0.15) is 6.42 Å². The Hall–Kier alpha value is -1.75. The Kier molecular flexibility index (Phi) is 5.88. The standard InChI is InChI=1S/C12H19N3O2/c1-16-9-3-8-14-12(13)15-10-4-6-11(17-2)7-5-10/h4-7H,3,8-9H2,1-2H3,(H3,13,14,15). The fourth-order valence-corrected chi connectivity index (χ4v) is 1.27. The van der Waals surface area contributed by atoms with Crippen LogP contribution < -0.4 is 15.8 Å². The van der Waals surface area contributed by atoms with Crippen molar-refractivity contribution in [1.82, 2.24) is 0 Å². The summed E-state index contributed by atoms with van der Waals surface area (Å²) in [6, 6.07) is 7.49. The molecule has 0 atom stereocenters. The smallest absolute Gasteiger partial charge is 0.193 e. The van der Waals surface area contributed by atoms with E-state index in [4.69, 9.17) is 15.2 Å². The number of ether oxygens (including phenoxy) is 2. The predicted octanol–water partition coefficient (Wildman–Crippen LogP) is 1.46. The fourth-order valence-electron chi connectivity index (χ4n) is 1.27. The molecule has 0 heterocycles. The molecule has 0 saturated carbocycles. The van der Waals surface area contributed by atoms with E-state index in [0.29, 0.717) is 19.1 Å². The quantitative estimate of drug-likeness (QED) is 0.446. The summed E-state index contributed by atoms with van der Waals surface area (Å²) in [5.41, 5.74) is 6.61. The van der Waals surface area contributed by atoms with Gasteiger partial charge in [-0.05, 0) is 30.7 Å². The Bertz CT molecular complexity index is 349. The lowest BCUT2D eigenvalue weighted by Gasteiger charge is -2.06. The normalized spacial score (nSPS) is 11.3. The highest BCUT2D eigenvalue weighted by Gasteiger charge is 1.95. The molecular formula is C12H19N3O2. The van der Waals surface area contributed by atoms with Crippen LogP contribution >= 0.6 is 0 Å². The van der Waals surface area contributed by atoms with Crippen molar-refractivity contribution in [3.05, 3.63) is 24.3 Å². The summed E-state index contributed by atoms with van der Waals surface area (Å²) in [6.45, 7) is 1.35. The van der Waals surface area contributed by atoms with Crippen LogP contribution in [0.25, 0.3) is 0 Å². The molecule has 0 aliphatic carbocycles. The van der Waals surface area contributed by atoms with E-state index < -0.39 is 0 Å². The maximum atomic E-state index is 5.73. The zero-order valence-corrected chi connectivity index (χ0v) is 10.3. The van der Waals surface area contributed by atoms with E-state index in [1.54, 1.807) is 14.2 Å². The zero-order valence-electron chi connectivity index (χ0n) is 10.3. The number of nitrogens with one attached hydrogen (secondary N) is 1. The first-order valence-corrected chi connectivity index (χ1v) is 5.46. The molecule has 1 aromatic rings. The van der Waals surface area contributed by atoms with Crippen molar-refractivity contribution in [3.63, 3.8) is 0 Å². The van der Waals surface area contributed by atoms with Crippen LogP contribution in [0.15, 0.2) is 29.3 Å². The van der Waals surface area contributed by atoms with Crippen LogP contribution in [0, 0.1) is 0 Å². The van der Waals surface area contributed by atoms with Crippen LogP contribution in [-0.4, -0.2) is 33.3 Å². The third-order valence-corrected chi connectivity index (χ3v) is 2.15. The molecule has 0 radical (unpaired) electrons. The van der Waals surface area contributed by atoms with Crippen LogP contribution in [0.5, 0.6) is 5.75 Å². The predicted molar refractivity (Wildman–Crippen MR) is 69.6 cm³/mol. The number of nitrogens with zero attached hydrogens (tertiary/aromatic N) is 1. The number of methoxy groups -OCH3 is 2. The summed E-state index contributed by atoms with van der Waals surface area (Å²) in [6.07, 6.45) is 0.863. The first-order chi connectivity index (χ1) is 8.26. The molecule has 0 aromatic heterocycles. The van der Waals surface area contributed by atoms with E-state index in [1.165, 1.54) is 0 Å². The average molecular weight is 237 g/mol. The van der Waals surface area contributed by atoms with Gasteiger partial charge in [0.1, 0.15) is 5.75 Å². The molecule has 5 nitrogen and oxygen atoms in total. The van der Waals surface area contributed by atoms with E-state index in [0.717, 1.165) is 17.9 Å². The number of benzene rings is 1. The van der Waals surface area contributed by atoms with Crippen LogP contribution in [-0.2, 0) is 4.74 Å². The van der Waals surface area contributed by atoms with E-state index in [9.17, 15) is 0 Å². The molecular weight excluding hydrogens is 218 g/mol. The molecule has 0 aliphatic rings. The second kappa shape index (κ2) is 7.51. The van der Waals surface area contributed by atoms with Crippen molar-refractivity contribution in [2.45, 2.75) is 6.42 Å². The molecule has 94 valence electrons. The molecule has 3 N–H and O–H groups in total. The number of hydrogen-bond acceptors (Lipinski definition) is 3. The van der Waals surface area contributed by atoms with E-state index >= 15 is 0 Å². The van der Waals surface area contributed by atoms with Crippen molar-refractivity contribution < 1.29 is 9.47 Å². The van der Waals surface area contributed by atoms with Gasteiger partial charge in [-0.1, -0.05) is 0 Å². The molecule has 1 rings (SSSR count). The highest BCUT2D eigenvalue weighted by Crippen LogP contribution is 2.14. The molecule has 5 heteroatoms. The first kappa shape index (κ1) is 13.3. The molecule has 0 spiro atoms. The van der Waals surface area contributed by atoms with Gasteiger partial charge in [-0.25, -0.2) is 0 Å². The van der Waals surface area contributed by atoms with Gasteiger partial charge in [0.25, 0.3) is 0 Å². The molecule has 17 heavy (non-hydrogen) atoms. The van der Waals surface area contributed by atoms with Crippen molar-refractivity contribution in [1.29, 1.82) is 0 Å². The average Bonchev–Trinajstić information content (AvgIpc) is 2.36. The summed E-state index contributed by atoms with van der Waals surface area (Å²) in [5, 5.41) is 3.00. The van der Waals surface area contributed by atoms with Crippen molar-refractivity contribution in [3.8, 4) is 5.75 Å². The SMILES string of the molecule is COCCCN=C(N)Nc1ccc(OC)cc1. The molecule has 0 aliphatic heterocycles. The number of nitrogens with two attached hydrogens (primary N) is 1. The number of hydrogen-bond donors (Lipinski definition) is 2. The molecule has 0 saturated heterocycles. The van der Waals surface area contributed by atoms with Gasteiger partial charge in [0.15, 0.2) is 5.96 Å². The van der Waals surface area contributed by atoms with Gasteiger partial charge in [0.05, 0.1) is 7.11 Å². The Morgan fingerprint density at radius 3 is 2.59 bits per heavy atom. The second-order valence-corrected chi connectivity index (χ2v) is 3.47. The van der Waals surface area contributed by atoms with E-state index in [2.05, 4.69) is 10.3 Å². The summed E-state index contributed by atoms with van der Waals surface area (Å²) in [4.78, 5) is 4.17. The number of aliphatic imine (C=N–C) groups is 1.